The fraction of sp³-hybridized carbons (Fsp3) is 0.538. The van der Waals surface area contributed by atoms with E-state index in [1.54, 1.807) is 31.4 Å². The lowest BCUT2D eigenvalue weighted by Crippen LogP contribution is -2.40. The van der Waals surface area contributed by atoms with Gasteiger partial charge in [-0.15, -0.1) is 0 Å². The molecule has 2 N–H and O–H groups in total. The van der Waals surface area contributed by atoms with Crippen molar-refractivity contribution in [3.8, 4) is 0 Å². The third-order valence-electron chi connectivity index (χ3n) is 2.83. The predicted octanol–water partition coefficient (Wildman–Crippen LogP) is 1.02. The SMILES string of the molecule is COC(C)(C)CNS(=O)(=O)Cc1ccc(CO)cc1. The van der Waals surface area contributed by atoms with Crippen molar-refractivity contribution in [3.63, 3.8) is 0 Å². The van der Waals surface area contributed by atoms with Gasteiger partial charge in [-0.2, -0.15) is 0 Å². The van der Waals surface area contributed by atoms with Gasteiger partial charge in [0.15, 0.2) is 0 Å². The molecule has 0 amide bonds. The largest absolute Gasteiger partial charge is 0.392 e. The topological polar surface area (TPSA) is 75.6 Å². The molecule has 0 radical (unpaired) electrons. The summed E-state index contributed by atoms with van der Waals surface area (Å²) in [6.45, 7) is 3.80. The van der Waals surface area contributed by atoms with Crippen LogP contribution in [-0.2, 0) is 27.1 Å². The summed E-state index contributed by atoms with van der Waals surface area (Å²) in [5, 5.41) is 8.92. The Bertz CT molecular complexity index is 494. The Morgan fingerprint density at radius 2 is 1.74 bits per heavy atom. The quantitative estimate of drug-likeness (QED) is 0.785. The summed E-state index contributed by atoms with van der Waals surface area (Å²) in [6.07, 6.45) is 0. The van der Waals surface area contributed by atoms with Crippen molar-refractivity contribution in [1.82, 2.24) is 4.72 Å². The van der Waals surface area contributed by atoms with Crippen molar-refractivity contribution in [2.75, 3.05) is 13.7 Å². The van der Waals surface area contributed by atoms with Gasteiger partial charge in [0.2, 0.25) is 10.0 Å². The number of hydrogen-bond acceptors (Lipinski definition) is 4. The zero-order chi connectivity index (χ0) is 14.5. The zero-order valence-electron chi connectivity index (χ0n) is 11.5. The molecule has 108 valence electrons. The second kappa shape index (κ2) is 6.47. The summed E-state index contributed by atoms with van der Waals surface area (Å²) in [4.78, 5) is 0. The molecule has 0 spiro atoms. The molecule has 0 unspecified atom stereocenters. The summed E-state index contributed by atoms with van der Waals surface area (Å²) in [6, 6.07) is 6.83. The first-order valence-corrected chi connectivity index (χ1v) is 7.64. The van der Waals surface area contributed by atoms with Crippen LogP contribution in [0.2, 0.25) is 0 Å². The Morgan fingerprint density at radius 1 is 1.21 bits per heavy atom. The van der Waals surface area contributed by atoms with E-state index in [0.29, 0.717) is 5.56 Å². The number of methoxy groups -OCH3 is 1. The van der Waals surface area contributed by atoms with Crippen LogP contribution in [0, 0.1) is 0 Å². The van der Waals surface area contributed by atoms with E-state index in [4.69, 9.17) is 9.84 Å². The Morgan fingerprint density at radius 3 is 2.21 bits per heavy atom. The van der Waals surface area contributed by atoms with Crippen LogP contribution < -0.4 is 4.72 Å². The third-order valence-corrected chi connectivity index (χ3v) is 4.13. The van der Waals surface area contributed by atoms with Crippen molar-refractivity contribution >= 4 is 10.0 Å². The van der Waals surface area contributed by atoms with Crippen molar-refractivity contribution in [2.45, 2.75) is 31.8 Å². The Balaban J connectivity index is 2.63. The monoisotopic (exact) mass is 287 g/mol. The highest BCUT2D eigenvalue weighted by atomic mass is 32.2. The minimum Gasteiger partial charge on any atom is -0.392 e. The molecule has 0 heterocycles. The fourth-order valence-corrected chi connectivity index (χ4v) is 2.67. The van der Waals surface area contributed by atoms with E-state index in [2.05, 4.69) is 4.72 Å². The fourth-order valence-electron chi connectivity index (χ4n) is 1.37. The first kappa shape index (κ1) is 16.1. The van der Waals surface area contributed by atoms with Crippen molar-refractivity contribution in [1.29, 1.82) is 0 Å². The maximum atomic E-state index is 11.9. The zero-order valence-corrected chi connectivity index (χ0v) is 12.3. The smallest absolute Gasteiger partial charge is 0.215 e. The van der Waals surface area contributed by atoms with Crippen LogP contribution in [-0.4, -0.2) is 32.8 Å². The highest BCUT2D eigenvalue weighted by Crippen LogP contribution is 2.10. The highest BCUT2D eigenvalue weighted by Gasteiger charge is 2.20. The molecule has 0 aliphatic rings. The molecule has 1 rings (SSSR count). The molecule has 5 nitrogen and oxygen atoms in total. The summed E-state index contributed by atoms with van der Waals surface area (Å²) >= 11 is 0. The maximum Gasteiger partial charge on any atom is 0.215 e. The molecule has 1 aromatic carbocycles. The first-order chi connectivity index (χ1) is 8.78. The van der Waals surface area contributed by atoms with E-state index in [1.807, 2.05) is 13.8 Å². The van der Waals surface area contributed by atoms with Crippen molar-refractivity contribution in [3.05, 3.63) is 35.4 Å². The highest BCUT2D eigenvalue weighted by molar-refractivity contribution is 7.88. The van der Waals surface area contributed by atoms with Crippen LogP contribution in [0.25, 0.3) is 0 Å². The molecule has 6 heteroatoms. The normalized spacial score (nSPS) is 12.6. The molecule has 0 aliphatic carbocycles. The van der Waals surface area contributed by atoms with Gasteiger partial charge in [0.05, 0.1) is 18.0 Å². The van der Waals surface area contributed by atoms with Crippen LogP contribution in [0.5, 0.6) is 0 Å². The lowest BCUT2D eigenvalue weighted by atomic mass is 10.1. The second-order valence-corrected chi connectivity index (χ2v) is 6.83. The number of ether oxygens (including phenoxy) is 1. The number of aliphatic hydroxyl groups excluding tert-OH is 1. The number of sulfonamides is 1. The van der Waals surface area contributed by atoms with Gasteiger partial charge in [-0.05, 0) is 25.0 Å². The van der Waals surface area contributed by atoms with Gasteiger partial charge in [0, 0.05) is 13.7 Å². The molecule has 0 saturated heterocycles. The minimum atomic E-state index is -3.39. The van der Waals surface area contributed by atoms with Gasteiger partial charge in [-0.25, -0.2) is 13.1 Å². The van der Waals surface area contributed by atoms with Gasteiger partial charge in [-0.3, -0.25) is 0 Å². The summed E-state index contributed by atoms with van der Waals surface area (Å²) < 4.78 is 31.5. The maximum absolute atomic E-state index is 11.9. The predicted molar refractivity (Wildman–Crippen MR) is 74.1 cm³/mol. The van der Waals surface area contributed by atoms with Gasteiger partial charge in [0.25, 0.3) is 0 Å². The van der Waals surface area contributed by atoms with Crippen LogP contribution in [0.3, 0.4) is 0 Å². The van der Waals surface area contributed by atoms with E-state index in [1.165, 1.54) is 0 Å². The minimum absolute atomic E-state index is 0.0483. The molecular formula is C13H21NO4S. The summed E-state index contributed by atoms with van der Waals surface area (Å²) in [5.74, 6) is -0.0848. The average Bonchev–Trinajstić information content (AvgIpc) is 2.37. The summed E-state index contributed by atoms with van der Waals surface area (Å²) in [5.41, 5.74) is 0.905. The summed E-state index contributed by atoms with van der Waals surface area (Å²) in [7, 11) is -1.85. The standard InChI is InChI=1S/C13H21NO4S/c1-13(2,18-3)10-14-19(16,17)9-12-6-4-11(8-15)5-7-12/h4-7,14-15H,8-10H2,1-3H3. The molecule has 0 bridgehead atoms. The molecule has 1 aromatic rings. The van der Waals surface area contributed by atoms with E-state index in [-0.39, 0.29) is 18.9 Å². The first-order valence-electron chi connectivity index (χ1n) is 5.99. The van der Waals surface area contributed by atoms with Crippen LogP contribution in [0.1, 0.15) is 25.0 Å². The van der Waals surface area contributed by atoms with E-state index < -0.39 is 15.6 Å². The van der Waals surface area contributed by atoms with E-state index in [0.717, 1.165) is 5.56 Å². The van der Waals surface area contributed by atoms with Crippen molar-refractivity contribution in [2.24, 2.45) is 0 Å². The molecule has 0 saturated carbocycles. The average molecular weight is 287 g/mol. The molecule has 0 aromatic heterocycles. The lowest BCUT2D eigenvalue weighted by Gasteiger charge is -2.23. The Kier molecular flexibility index (Phi) is 5.49. The Hall–Kier alpha value is -0.950. The van der Waals surface area contributed by atoms with Crippen molar-refractivity contribution < 1.29 is 18.3 Å². The third kappa shape index (κ3) is 5.69. The second-order valence-electron chi connectivity index (χ2n) is 5.02. The van der Waals surface area contributed by atoms with Gasteiger partial charge < -0.3 is 9.84 Å². The van der Waals surface area contributed by atoms with Crippen LogP contribution in [0.4, 0.5) is 0 Å². The number of benzene rings is 1. The lowest BCUT2D eigenvalue weighted by molar-refractivity contribution is 0.0276. The van der Waals surface area contributed by atoms with Gasteiger partial charge in [0.1, 0.15) is 0 Å². The Labute approximate surface area is 114 Å². The molecular weight excluding hydrogens is 266 g/mol. The molecule has 0 aliphatic heterocycles. The van der Waals surface area contributed by atoms with E-state index in [9.17, 15) is 8.42 Å². The number of aliphatic hydroxyl groups is 1. The number of nitrogens with one attached hydrogen (secondary N) is 1. The van der Waals surface area contributed by atoms with Crippen LogP contribution in [0.15, 0.2) is 24.3 Å². The number of rotatable bonds is 7. The number of hydrogen-bond donors (Lipinski definition) is 2. The van der Waals surface area contributed by atoms with E-state index >= 15 is 0 Å². The van der Waals surface area contributed by atoms with Gasteiger partial charge in [-0.1, -0.05) is 24.3 Å². The molecule has 0 fully saturated rings. The molecule has 0 atom stereocenters. The van der Waals surface area contributed by atoms with Gasteiger partial charge >= 0.3 is 0 Å². The van der Waals surface area contributed by atoms with Crippen LogP contribution >= 0.6 is 0 Å². The molecule has 19 heavy (non-hydrogen) atoms.